The highest BCUT2D eigenvalue weighted by Gasteiger charge is 2.13. The van der Waals surface area contributed by atoms with E-state index < -0.39 is 0 Å². The second-order valence-corrected chi connectivity index (χ2v) is 4.96. The number of nitrogens with zero attached hydrogens (tertiary/aromatic N) is 1. The summed E-state index contributed by atoms with van der Waals surface area (Å²) in [7, 11) is 1.47. The summed E-state index contributed by atoms with van der Waals surface area (Å²) in [6.45, 7) is 3.05. The molecule has 0 saturated heterocycles. The van der Waals surface area contributed by atoms with Crippen LogP contribution in [0.5, 0.6) is 5.75 Å². The van der Waals surface area contributed by atoms with Gasteiger partial charge < -0.3 is 10.1 Å². The van der Waals surface area contributed by atoms with Crippen molar-refractivity contribution in [1.82, 2.24) is 10.3 Å². The van der Waals surface area contributed by atoms with Crippen LogP contribution in [-0.4, -0.2) is 18.6 Å². The van der Waals surface area contributed by atoms with Crippen LogP contribution in [0.15, 0.2) is 42.7 Å². The number of hydrogen-bond acceptors (Lipinski definition) is 3. The Kier molecular flexibility index (Phi) is 5.69. The smallest absolute Gasteiger partial charge is 0.165 e. The van der Waals surface area contributed by atoms with E-state index in [4.69, 9.17) is 4.74 Å². The first kappa shape index (κ1) is 15.4. The third-order valence-electron chi connectivity index (χ3n) is 3.41. The van der Waals surface area contributed by atoms with Crippen LogP contribution in [-0.2, 0) is 6.42 Å². The number of ether oxygens (including phenoxy) is 1. The number of nitrogens with one attached hydrogen (secondary N) is 1. The molecule has 3 nitrogen and oxygen atoms in total. The molecule has 2 aromatic rings. The number of methoxy groups -OCH3 is 1. The van der Waals surface area contributed by atoms with Crippen molar-refractivity contribution in [2.24, 2.45) is 0 Å². The molecule has 2 rings (SSSR count). The van der Waals surface area contributed by atoms with Crippen LogP contribution in [0.4, 0.5) is 4.39 Å². The predicted molar refractivity (Wildman–Crippen MR) is 81.9 cm³/mol. The van der Waals surface area contributed by atoms with Crippen LogP contribution >= 0.6 is 0 Å². The molecule has 1 N–H and O–H groups in total. The highest BCUT2D eigenvalue weighted by atomic mass is 19.1. The first-order valence-electron chi connectivity index (χ1n) is 7.20. The van der Waals surface area contributed by atoms with Gasteiger partial charge in [-0.3, -0.25) is 4.98 Å². The van der Waals surface area contributed by atoms with Crippen LogP contribution in [0.1, 0.15) is 30.5 Å². The summed E-state index contributed by atoms with van der Waals surface area (Å²) >= 11 is 0. The molecule has 1 aromatic carbocycles. The van der Waals surface area contributed by atoms with Gasteiger partial charge in [0.15, 0.2) is 11.6 Å². The summed E-state index contributed by atoms with van der Waals surface area (Å²) in [5.41, 5.74) is 2.10. The second kappa shape index (κ2) is 7.74. The quantitative estimate of drug-likeness (QED) is 0.846. The largest absolute Gasteiger partial charge is 0.494 e. The molecule has 21 heavy (non-hydrogen) atoms. The van der Waals surface area contributed by atoms with Crippen molar-refractivity contribution in [3.8, 4) is 5.75 Å². The SMILES string of the molecule is CCCNC(Cc1ccc(OC)c(F)c1)c1ccncc1. The van der Waals surface area contributed by atoms with Crippen LogP contribution in [0.25, 0.3) is 0 Å². The normalized spacial score (nSPS) is 12.1. The van der Waals surface area contributed by atoms with Crippen molar-refractivity contribution >= 4 is 0 Å². The molecule has 1 atom stereocenters. The Morgan fingerprint density at radius 2 is 2.00 bits per heavy atom. The summed E-state index contributed by atoms with van der Waals surface area (Å²) < 4.78 is 18.8. The van der Waals surface area contributed by atoms with E-state index in [9.17, 15) is 4.39 Å². The summed E-state index contributed by atoms with van der Waals surface area (Å²) in [5.74, 6) is -0.0419. The average molecular weight is 288 g/mol. The monoisotopic (exact) mass is 288 g/mol. The molecule has 4 heteroatoms. The summed E-state index contributed by atoms with van der Waals surface area (Å²) in [4.78, 5) is 4.05. The van der Waals surface area contributed by atoms with Crippen LogP contribution in [0.3, 0.4) is 0 Å². The van der Waals surface area contributed by atoms with Gasteiger partial charge in [0.1, 0.15) is 0 Å². The summed E-state index contributed by atoms with van der Waals surface area (Å²) in [5, 5.41) is 3.50. The highest BCUT2D eigenvalue weighted by Crippen LogP contribution is 2.22. The van der Waals surface area contributed by atoms with E-state index in [0.29, 0.717) is 0 Å². The minimum atomic E-state index is -0.320. The fourth-order valence-corrected chi connectivity index (χ4v) is 2.29. The molecular weight excluding hydrogens is 267 g/mol. The van der Waals surface area contributed by atoms with Crippen molar-refractivity contribution in [3.05, 3.63) is 59.7 Å². The average Bonchev–Trinajstić information content (AvgIpc) is 2.52. The van der Waals surface area contributed by atoms with Crippen molar-refractivity contribution in [2.45, 2.75) is 25.8 Å². The minimum absolute atomic E-state index is 0.153. The van der Waals surface area contributed by atoms with E-state index in [0.717, 1.165) is 30.5 Å². The molecule has 0 fully saturated rings. The van der Waals surface area contributed by atoms with E-state index in [1.165, 1.54) is 7.11 Å². The molecule has 112 valence electrons. The van der Waals surface area contributed by atoms with Crippen LogP contribution in [0.2, 0.25) is 0 Å². The van der Waals surface area contributed by atoms with Crippen LogP contribution < -0.4 is 10.1 Å². The molecule has 1 heterocycles. The van der Waals surface area contributed by atoms with Crippen molar-refractivity contribution in [2.75, 3.05) is 13.7 Å². The number of hydrogen-bond donors (Lipinski definition) is 1. The summed E-state index contributed by atoms with van der Waals surface area (Å²) in [6, 6.07) is 9.26. The van der Waals surface area contributed by atoms with E-state index in [1.807, 2.05) is 18.2 Å². The van der Waals surface area contributed by atoms with Gasteiger partial charge in [-0.2, -0.15) is 0 Å². The third-order valence-corrected chi connectivity index (χ3v) is 3.41. The Bertz CT molecular complexity index is 560. The van der Waals surface area contributed by atoms with E-state index in [-0.39, 0.29) is 17.6 Å². The lowest BCUT2D eigenvalue weighted by molar-refractivity contribution is 0.386. The van der Waals surface area contributed by atoms with Gasteiger partial charge in [-0.25, -0.2) is 4.39 Å². The fraction of sp³-hybridized carbons (Fsp3) is 0.353. The molecule has 0 aliphatic rings. The Morgan fingerprint density at radius 1 is 1.24 bits per heavy atom. The lowest BCUT2D eigenvalue weighted by Gasteiger charge is -2.19. The van der Waals surface area contributed by atoms with E-state index in [1.54, 1.807) is 24.5 Å². The van der Waals surface area contributed by atoms with Gasteiger partial charge in [0, 0.05) is 18.4 Å². The van der Waals surface area contributed by atoms with Crippen LogP contribution in [0, 0.1) is 5.82 Å². The van der Waals surface area contributed by atoms with Gasteiger partial charge in [-0.1, -0.05) is 13.0 Å². The molecule has 0 radical (unpaired) electrons. The number of rotatable bonds is 7. The Balaban J connectivity index is 2.16. The lowest BCUT2D eigenvalue weighted by Crippen LogP contribution is -2.24. The maximum Gasteiger partial charge on any atom is 0.165 e. The fourth-order valence-electron chi connectivity index (χ4n) is 2.29. The number of aromatic nitrogens is 1. The first-order valence-corrected chi connectivity index (χ1v) is 7.20. The zero-order chi connectivity index (χ0) is 15.1. The minimum Gasteiger partial charge on any atom is -0.494 e. The molecule has 1 aromatic heterocycles. The maximum atomic E-state index is 13.8. The predicted octanol–water partition coefficient (Wildman–Crippen LogP) is 3.51. The van der Waals surface area contributed by atoms with Crippen molar-refractivity contribution in [1.29, 1.82) is 0 Å². The molecular formula is C17H21FN2O. The van der Waals surface area contributed by atoms with Gasteiger partial charge in [-0.15, -0.1) is 0 Å². The maximum absolute atomic E-state index is 13.8. The number of benzene rings is 1. The van der Waals surface area contributed by atoms with E-state index in [2.05, 4.69) is 17.2 Å². The zero-order valence-corrected chi connectivity index (χ0v) is 12.5. The topological polar surface area (TPSA) is 34.1 Å². The van der Waals surface area contributed by atoms with E-state index >= 15 is 0 Å². The molecule has 0 aliphatic heterocycles. The molecule has 0 bridgehead atoms. The van der Waals surface area contributed by atoms with Crippen molar-refractivity contribution in [3.63, 3.8) is 0 Å². The Morgan fingerprint density at radius 3 is 2.62 bits per heavy atom. The zero-order valence-electron chi connectivity index (χ0n) is 12.5. The molecule has 0 amide bonds. The first-order chi connectivity index (χ1) is 10.2. The molecule has 0 spiro atoms. The van der Waals surface area contributed by atoms with Gasteiger partial charge in [-0.05, 0) is 54.8 Å². The lowest BCUT2D eigenvalue weighted by atomic mass is 9.99. The second-order valence-electron chi connectivity index (χ2n) is 4.96. The number of pyridine rings is 1. The van der Waals surface area contributed by atoms with Gasteiger partial charge >= 0.3 is 0 Å². The summed E-state index contributed by atoms with van der Waals surface area (Å²) in [6.07, 6.45) is 5.35. The standard InChI is InChI=1S/C17H21FN2O/c1-3-8-20-16(14-6-9-19-10-7-14)12-13-4-5-17(21-2)15(18)11-13/h4-7,9-11,16,20H,3,8,12H2,1-2H3. The highest BCUT2D eigenvalue weighted by molar-refractivity contribution is 5.30. The molecule has 0 aliphatic carbocycles. The molecule has 1 unspecified atom stereocenters. The third kappa shape index (κ3) is 4.26. The van der Waals surface area contributed by atoms with Gasteiger partial charge in [0.05, 0.1) is 7.11 Å². The molecule has 0 saturated carbocycles. The Labute approximate surface area is 125 Å². The van der Waals surface area contributed by atoms with Gasteiger partial charge in [0.25, 0.3) is 0 Å². The Hall–Kier alpha value is -1.94. The number of halogens is 1. The van der Waals surface area contributed by atoms with Crippen molar-refractivity contribution < 1.29 is 9.13 Å². The van der Waals surface area contributed by atoms with Gasteiger partial charge in [0.2, 0.25) is 0 Å².